The quantitative estimate of drug-likeness (QED) is 0.680. The van der Waals surface area contributed by atoms with Gasteiger partial charge in [0.1, 0.15) is 0 Å². The number of halogens is 4. The van der Waals surface area contributed by atoms with Gasteiger partial charge in [-0.3, -0.25) is 9.59 Å². The van der Waals surface area contributed by atoms with Crippen molar-refractivity contribution in [1.82, 2.24) is 0 Å². The van der Waals surface area contributed by atoms with E-state index in [2.05, 4.69) is 5.32 Å². The first-order chi connectivity index (χ1) is 12.4. The standard InChI is InChI=1S/C19H18ClF3N2O2/c1-18(2,3)12-6-4-5-7-14(12)24-16(26)17(27)25-15-9-8-11(20)10-13(15)19(21,22)23/h4-10H,1-3H3,(H,24,26)(H,25,27). The molecule has 0 aliphatic rings. The second-order valence-corrected chi connectivity index (χ2v) is 7.33. The van der Waals surface area contributed by atoms with Crippen LogP contribution in [0.5, 0.6) is 0 Å². The Kier molecular flexibility index (Phi) is 5.85. The van der Waals surface area contributed by atoms with Crippen LogP contribution < -0.4 is 10.6 Å². The molecule has 0 saturated heterocycles. The van der Waals surface area contributed by atoms with E-state index in [1.165, 1.54) is 6.07 Å². The van der Waals surface area contributed by atoms with Gasteiger partial charge in [0.05, 0.1) is 11.3 Å². The minimum atomic E-state index is -4.73. The second kappa shape index (κ2) is 7.60. The van der Waals surface area contributed by atoms with E-state index in [1.807, 2.05) is 26.1 Å². The molecule has 0 atom stereocenters. The zero-order chi connectivity index (χ0) is 20.4. The number of nitrogens with one attached hydrogen (secondary N) is 2. The van der Waals surface area contributed by atoms with E-state index in [9.17, 15) is 22.8 Å². The summed E-state index contributed by atoms with van der Waals surface area (Å²) in [5.41, 5.74) is -0.784. The fourth-order valence-corrected chi connectivity index (χ4v) is 2.64. The molecule has 0 fully saturated rings. The Morgan fingerprint density at radius 1 is 0.852 bits per heavy atom. The number of hydrogen-bond acceptors (Lipinski definition) is 2. The minimum Gasteiger partial charge on any atom is -0.318 e. The summed E-state index contributed by atoms with van der Waals surface area (Å²) in [5, 5.41) is 4.31. The van der Waals surface area contributed by atoms with Gasteiger partial charge in [0, 0.05) is 10.7 Å². The summed E-state index contributed by atoms with van der Waals surface area (Å²) in [7, 11) is 0. The molecule has 0 radical (unpaired) electrons. The largest absolute Gasteiger partial charge is 0.418 e. The lowest BCUT2D eigenvalue weighted by atomic mass is 9.86. The number of benzene rings is 2. The first kappa shape index (κ1) is 20.8. The summed E-state index contributed by atoms with van der Waals surface area (Å²) < 4.78 is 39.3. The van der Waals surface area contributed by atoms with E-state index >= 15 is 0 Å². The van der Waals surface area contributed by atoms with Gasteiger partial charge in [0.25, 0.3) is 0 Å². The number of rotatable bonds is 2. The fraction of sp³-hybridized carbons (Fsp3) is 0.263. The predicted molar refractivity (Wildman–Crippen MR) is 98.9 cm³/mol. The molecule has 2 amide bonds. The number of carbonyl (C=O) groups excluding carboxylic acids is 2. The van der Waals surface area contributed by atoms with Crippen LogP contribution in [0, 0.1) is 0 Å². The van der Waals surface area contributed by atoms with Crippen molar-refractivity contribution in [3.8, 4) is 0 Å². The highest BCUT2D eigenvalue weighted by atomic mass is 35.5. The highest BCUT2D eigenvalue weighted by molar-refractivity contribution is 6.43. The van der Waals surface area contributed by atoms with Gasteiger partial charge in [-0.05, 0) is 35.2 Å². The molecule has 27 heavy (non-hydrogen) atoms. The first-order valence-corrected chi connectivity index (χ1v) is 8.36. The third kappa shape index (κ3) is 5.23. The number of hydrogen-bond donors (Lipinski definition) is 2. The molecule has 8 heteroatoms. The molecule has 0 bridgehead atoms. The van der Waals surface area contributed by atoms with Crippen LogP contribution in [0.4, 0.5) is 24.5 Å². The molecule has 0 aliphatic carbocycles. The van der Waals surface area contributed by atoms with Crippen molar-refractivity contribution in [2.45, 2.75) is 32.4 Å². The van der Waals surface area contributed by atoms with Crippen LogP contribution in [0.25, 0.3) is 0 Å². The van der Waals surface area contributed by atoms with Gasteiger partial charge in [0.15, 0.2) is 0 Å². The van der Waals surface area contributed by atoms with Gasteiger partial charge >= 0.3 is 18.0 Å². The maximum atomic E-state index is 13.1. The van der Waals surface area contributed by atoms with E-state index in [0.29, 0.717) is 11.8 Å². The van der Waals surface area contributed by atoms with Crippen LogP contribution in [0.1, 0.15) is 31.9 Å². The summed E-state index contributed by atoms with van der Waals surface area (Å²) in [6.45, 7) is 5.80. The lowest BCUT2D eigenvalue weighted by Gasteiger charge is -2.23. The summed E-state index contributed by atoms with van der Waals surface area (Å²) in [6, 6.07) is 9.77. The van der Waals surface area contributed by atoms with Crippen molar-refractivity contribution in [1.29, 1.82) is 0 Å². The van der Waals surface area contributed by atoms with Gasteiger partial charge in [0.2, 0.25) is 0 Å². The van der Waals surface area contributed by atoms with Crippen molar-refractivity contribution in [2.24, 2.45) is 0 Å². The number of anilines is 2. The summed E-state index contributed by atoms with van der Waals surface area (Å²) >= 11 is 5.60. The lowest BCUT2D eigenvalue weighted by molar-refractivity contribution is -0.137. The number of alkyl halides is 3. The molecule has 2 rings (SSSR count). The highest BCUT2D eigenvalue weighted by Gasteiger charge is 2.34. The van der Waals surface area contributed by atoms with Crippen molar-refractivity contribution in [3.05, 3.63) is 58.6 Å². The molecule has 2 aromatic rings. The summed E-state index contributed by atoms with van der Waals surface area (Å²) in [4.78, 5) is 24.3. The SMILES string of the molecule is CC(C)(C)c1ccccc1NC(=O)C(=O)Nc1ccc(Cl)cc1C(F)(F)F. The number of carbonyl (C=O) groups is 2. The minimum absolute atomic E-state index is 0.135. The first-order valence-electron chi connectivity index (χ1n) is 7.98. The van der Waals surface area contributed by atoms with Crippen LogP contribution in [-0.2, 0) is 21.2 Å². The van der Waals surface area contributed by atoms with E-state index in [4.69, 9.17) is 11.6 Å². The maximum absolute atomic E-state index is 13.1. The lowest BCUT2D eigenvalue weighted by Crippen LogP contribution is -2.31. The topological polar surface area (TPSA) is 58.2 Å². The maximum Gasteiger partial charge on any atom is 0.418 e. The zero-order valence-electron chi connectivity index (χ0n) is 14.9. The summed E-state index contributed by atoms with van der Waals surface area (Å²) in [5.74, 6) is -2.29. The van der Waals surface area contributed by atoms with Crippen molar-refractivity contribution < 1.29 is 22.8 Å². The van der Waals surface area contributed by atoms with Crippen LogP contribution in [0.3, 0.4) is 0 Å². The van der Waals surface area contributed by atoms with E-state index in [0.717, 1.165) is 11.6 Å². The van der Waals surface area contributed by atoms with E-state index < -0.39 is 29.2 Å². The van der Waals surface area contributed by atoms with Crippen LogP contribution in [0.2, 0.25) is 5.02 Å². The average molecular weight is 399 g/mol. The fourth-order valence-electron chi connectivity index (χ4n) is 2.46. The Balaban J connectivity index is 2.23. The molecule has 4 nitrogen and oxygen atoms in total. The Labute approximate surface area is 159 Å². The third-order valence-corrected chi connectivity index (χ3v) is 3.96. The summed E-state index contributed by atoms with van der Waals surface area (Å²) in [6.07, 6.45) is -4.73. The smallest absolute Gasteiger partial charge is 0.318 e. The molecule has 0 saturated carbocycles. The van der Waals surface area contributed by atoms with Gasteiger partial charge in [-0.1, -0.05) is 50.6 Å². The van der Waals surface area contributed by atoms with E-state index in [1.54, 1.807) is 24.3 Å². The molecule has 2 N–H and O–H groups in total. The molecular formula is C19H18ClF3N2O2. The molecule has 0 spiro atoms. The Morgan fingerprint density at radius 2 is 1.37 bits per heavy atom. The molecule has 0 heterocycles. The highest BCUT2D eigenvalue weighted by Crippen LogP contribution is 2.36. The molecule has 144 valence electrons. The Bertz CT molecular complexity index is 874. The zero-order valence-corrected chi connectivity index (χ0v) is 15.6. The normalized spacial score (nSPS) is 11.8. The molecule has 0 aliphatic heterocycles. The molecule has 0 aromatic heterocycles. The van der Waals surface area contributed by atoms with Crippen molar-refractivity contribution >= 4 is 34.8 Å². The van der Waals surface area contributed by atoms with Crippen LogP contribution >= 0.6 is 11.6 Å². The number of para-hydroxylation sites is 1. The second-order valence-electron chi connectivity index (χ2n) is 6.89. The Morgan fingerprint density at radius 3 is 1.89 bits per heavy atom. The van der Waals surface area contributed by atoms with Crippen LogP contribution in [0.15, 0.2) is 42.5 Å². The van der Waals surface area contributed by atoms with Gasteiger partial charge < -0.3 is 10.6 Å². The molecule has 0 unspecified atom stereocenters. The van der Waals surface area contributed by atoms with Gasteiger partial charge in [-0.2, -0.15) is 13.2 Å². The van der Waals surface area contributed by atoms with E-state index in [-0.39, 0.29) is 10.4 Å². The van der Waals surface area contributed by atoms with Crippen molar-refractivity contribution in [3.63, 3.8) is 0 Å². The van der Waals surface area contributed by atoms with Crippen molar-refractivity contribution in [2.75, 3.05) is 10.6 Å². The predicted octanol–water partition coefficient (Wildman–Crippen LogP) is 5.23. The third-order valence-electron chi connectivity index (χ3n) is 3.72. The number of amides is 2. The van der Waals surface area contributed by atoms with Gasteiger partial charge in [-0.15, -0.1) is 0 Å². The monoisotopic (exact) mass is 398 g/mol. The Hall–Kier alpha value is -2.54. The average Bonchev–Trinajstić information content (AvgIpc) is 2.55. The van der Waals surface area contributed by atoms with Gasteiger partial charge in [-0.25, -0.2) is 0 Å². The molecule has 2 aromatic carbocycles. The van der Waals surface area contributed by atoms with Crippen LogP contribution in [-0.4, -0.2) is 11.8 Å². The molecular weight excluding hydrogens is 381 g/mol.